The minimum Gasteiger partial charge on any atom is -0.495 e. The molecule has 1 rings (SSSR count). The van der Waals surface area contributed by atoms with Crippen molar-refractivity contribution in [3.8, 4) is 5.75 Å². The molecule has 0 heterocycles. The van der Waals surface area contributed by atoms with Gasteiger partial charge in [-0.2, -0.15) is 0 Å². The highest BCUT2D eigenvalue weighted by molar-refractivity contribution is 5.61. The highest BCUT2D eigenvalue weighted by Gasteiger charge is 2.21. The summed E-state index contributed by atoms with van der Waals surface area (Å²) in [5.41, 5.74) is 6.53. The van der Waals surface area contributed by atoms with E-state index in [1.54, 1.807) is 13.2 Å². The van der Waals surface area contributed by atoms with Crippen molar-refractivity contribution in [1.82, 2.24) is 0 Å². The molecule has 0 amide bonds. The van der Waals surface area contributed by atoms with E-state index in [1.165, 1.54) is 0 Å². The molecule has 0 aliphatic heterocycles. The molecule has 102 valence electrons. The number of benzene rings is 1. The predicted octanol–water partition coefficient (Wildman–Crippen LogP) is 2.49. The quantitative estimate of drug-likeness (QED) is 0.680. The van der Waals surface area contributed by atoms with Crippen LogP contribution >= 0.6 is 0 Å². The summed E-state index contributed by atoms with van der Waals surface area (Å²) >= 11 is 0. The molecule has 0 saturated heterocycles. The third-order valence-electron chi connectivity index (χ3n) is 2.75. The number of nitrogen functional groups attached to an aromatic ring is 1. The first-order valence-electron chi connectivity index (χ1n) is 6.24. The lowest BCUT2D eigenvalue weighted by Gasteiger charge is -2.26. The molecule has 0 radical (unpaired) electrons. The zero-order chi connectivity index (χ0) is 13.8. The van der Waals surface area contributed by atoms with Gasteiger partial charge in [0.2, 0.25) is 0 Å². The second kappa shape index (κ2) is 5.96. The van der Waals surface area contributed by atoms with Crippen molar-refractivity contribution >= 4 is 11.4 Å². The van der Waals surface area contributed by atoms with Crippen LogP contribution < -0.4 is 15.8 Å². The lowest BCUT2D eigenvalue weighted by atomic mass is 9.94. The monoisotopic (exact) mass is 252 g/mol. The smallest absolute Gasteiger partial charge is 0.143 e. The molecule has 18 heavy (non-hydrogen) atoms. The topological polar surface area (TPSA) is 67.5 Å². The second-order valence-electron chi connectivity index (χ2n) is 5.41. The van der Waals surface area contributed by atoms with Gasteiger partial charge < -0.3 is 20.9 Å². The Bertz CT molecular complexity index is 389. The van der Waals surface area contributed by atoms with E-state index in [9.17, 15) is 5.11 Å². The Morgan fingerprint density at radius 1 is 1.44 bits per heavy atom. The molecule has 0 aliphatic carbocycles. The van der Waals surface area contributed by atoms with Crippen LogP contribution in [0.15, 0.2) is 18.2 Å². The zero-order valence-corrected chi connectivity index (χ0v) is 11.7. The van der Waals surface area contributed by atoms with Crippen molar-refractivity contribution < 1.29 is 9.84 Å². The molecule has 4 nitrogen and oxygen atoms in total. The van der Waals surface area contributed by atoms with E-state index in [4.69, 9.17) is 10.5 Å². The summed E-state index contributed by atoms with van der Waals surface area (Å²) in [7, 11) is 1.59. The van der Waals surface area contributed by atoms with E-state index in [1.807, 2.05) is 19.1 Å². The van der Waals surface area contributed by atoms with Crippen LogP contribution in [0.25, 0.3) is 0 Å². The number of methoxy groups -OCH3 is 1. The van der Waals surface area contributed by atoms with Crippen LogP contribution in [0.5, 0.6) is 5.75 Å². The van der Waals surface area contributed by atoms with Gasteiger partial charge in [0.15, 0.2) is 0 Å². The molecular formula is C14H24N2O2. The number of nitrogens with one attached hydrogen (secondary N) is 1. The first kappa shape index (κ1) is 14.6. The van der Waals surface area contributed by atoms with Crippen molar-refractivity contribution in [2.24, 2.45) is 5.92 Å². The van der Waals surface area contributed by atoms with Gasteiger partial charge in [0.05, 0.1) is 18.4 Å². The predicted molar refractivity (Wildman–Crippen MR) is 76.0 cm³/mol. The molecule has 0 aliphatic rings. The Morgan fingerprint density at radius 2 is 2.11 bits per heavy atom. The maximum absolute atomic E-state index is 10.2. The van der Waals surface area contributed by atoms with E-state index >= 15 is 0 Å². The molecule has 0 fully saturated rings. The maximum Gasteiger partial charge on any atom is 0.143 e. The van der Waals surface area contributed by atoms with Gasteiger partial charge in [0, 0.05) is 18.3 Å². The second-order valence-corrected chi connectivity index (χ2v) is 5.41. The molecule has 0 spiro atoms. The third kappa shape index (κ3) is 4.45. The molecule has 1 unspecified atom stereocenters. The molecule has 0 saturated carbocycles. The van der Waals surface area contributed by atoms with E-state index in [0.29, 0.717) is 23.9 Å². The number of hydrogen-bond donors (Lipinski definition) is 3. The van der Waals surface area contributed by atoms with Crippen molar-refractivity contribution in [2.45, 2.75) is 32.8 Å². The van der Waals surface area contributed by atoms with Gasteiger partial charge in [-0.15, -0.1) is 0 Å². The summed E-state index contributed by atoms with van der Waals surface area (Å²) in [4.78, 5) is 0. The number of aliphatic hydroxyl groups is 1. The van der Waals surface area contributed by atoms with Gasteiger partial charge in [-0.25, -0.2) is 0 Å². The minimum absolute atomic E-state index is 0.461. The number of hydrogen-bond acceptors (Lipinski definition) is 4. The van der Waals surface area contributed by atoms with Crippen LogP contribution in [0.3, 0.4) is 0 Å². The fraction of sp³-hybridized carbons (Fsp3) is 0.571. The summed E-state index contributed by atoms with van der Waals surface area (Å²) in [6.07, 6.45) is 0.756. The Kier molecular flexibility index (Phi) is 4.84. The van der Waals surface area contributed by atoms with Gasteiger partial charge >= 0.3 is 0 Å². The molecule has 4 heteroatoms. The van der Waals surface area contributed by atoms with Crippen LogP contribution in [0.1, 0.15) is 27.2 Å². The Morgan fingerprint density at radius 3 is 2.67 bits per heavy atom. The number of rotatable bonds is 6. The van der Waals surface area contributed by atoms with Crippen LogP contribution in [0, 0.1) is 5.92 Å². The highest BCUT2D eigenvalue weighted by Crippen LogP contribution is 2.25. The molecule has 0 aromatic heterocycles. The first-order valence-corrected chi connectivity index (χ1v) is 6.24. The average molecular weight is 252 g/mol. The van der Waals surface area contributed by atoms with Gasteiger partial charge in [0.1, 0.15) is 5.75 Å². The summed E-state index contributed by atoms with van der Waals surface area (Å²) in [5.74, 6) is 1.10. The van der Waals surface area contributed by atoms with E-state index in [0.717, 1.165) is 12.1 Å². The molecule has 4 N–H and O–H groups in total. The van der Waals surface area contributed by atoms with Gasteiger partial charge in [-0.1, -0.05) is 13.8 Å². The van der Waals surface area contributed by atoms with Crippen molar-refractivity contribution in [3.63, 3.8) is 0 Å². The van der Waals surface area contributed by atoms with Gasteiger partial charge in [-0.05, 0) is 31.4 Å². The van der Waals surface area contributed by atoms with E-state index in [-0.39, 0.29) is 0 Å². The minimum atomic E-state index is -0.719. The SMILES string of the molecule is COc1cc(NCC(C)(O)CC(C)C)ccc1N. The van der Waals surface area contributed by atoms with Crippen LogP contribution in [0.4, 0.5) is 11.4 Å². The van der Waals surface area contributed by atoms with Gasteiger partial charge in [0.25, 0.3) is 0 Å². The standard InChI is InChI=1S/C14H24N2O2/c1-10(2)8-14(3,17)9-16-11-5-6-12(15)13(7-11)18-4/h5-7,10,16-17H,8-9,15H2,1-4H3. The molecule has 1 aromatic carbocycles. The summed E-state index contributed by atoms with van der Waals surface area (Å²) in [6, 6.07) is 5.50. The van der Waals surface area contributed by atoms with Crippen LogP contribution in [-0.4, -0.2) is 24.4 Å². The lowest BCUT2D eigenvalue weighted by Crippen LogP contribution is -2.34. The first-order chi connectivity index (χ1) is 8.34. The molecule has 1 atom stereocenters. The summed E-state index contributed by atoms with van der Waals surface area (Å²) in [5, 5.41) is 13.4. The Labute approximate surface area is 109 Å². The van der Waals surface area contributed by atoms with Crippen LogP contribution in [0.2, 0.25) is 0 Å². The largest absolute Gasteiger partial charge is 0.495 e. The van der Waals surface area contributed by atoms with Crippen LogP contribution in [-0.2, 0) is 0 Å². The number of nitrogens with two attached hydrogens (primary N) is 1. The molecular weight excluding hydrogens is 228 g/mol. The third-order valence-corrected chi connectivity index (χ3v) is 2.75. The Hall–Kier alpha value is -1.42. The van der Waals surface area contributed by atoms with E-state index < -0.39 is 5.60 Å². The maximum atomic E-state index is 10.2. The lowest BCUT2D eigenvalue weighted by molar-refractivity contribution is 0.0515. The summed E-state index contributed by atoms with van der Waals surface area (Å²) < 4.78 is 5.15. The highest BCUT2D eigenvalue weighted by atomic mass is 16.5. The summed E-state index contributed by atoms with van der Waals surface area (Å²) in [6.45, 7) is 6.54. The normalized spacial score (nSPS) is 14.3. The number of anilines is 2. The van der Waals surface area contributed by atoms with Crippen molar-refractivity contribution in [1.29, 1.82) is 0 Å². The molecule has 0 bridgehead atoms. The fourth-order valence-electron chi connectivity index (χ4n) is 2.07. The molecule has 1 aromatic rings. The zero-order valence-electron chi connectivity index (χ0n) is 11.7. The fourth-order valence-corrected chi connectivity index (χ4v) is 2.07. The van der Waals surface area contributed by atoms with Gasteiger partial charge in [-0.3, -0.25) is 0 Å². The van der Waals surface area contributed by atoms with Crippen molar-refractivity contribution in [2.75, 3.05) is 24.7 Å². The van der Waals surface area contributed by atoms with E-state index in [2.05, 4.69) is 19.2 Å². The average Bonchev–Trinajstić information content (AvgIpc) is 2.26. The van der Waals surface area contributed by atoms with Crippen molar-refractivity contribution in [3.05, 3.63) is 18.2 Å². The Balaban J connectivity index is 2.63. The number of ether oxygens (including phenoxy) is 1.